The molecule has 0 saturated heterocycles. The number of hydrogen-bond donors (Lipinski definition) is 0. The van der Waals surface area contributed by atoms with Gasteiger partial charge in [-0.3, -0.25) is 4.79 Å². The van der Waals surface area contributed by atoms with E-state index in [1.54, 1.807) is 25.3 Å². The minimum Gasteiger partial charge on any atom is -0.471 e. The number of carbonyl (C=O) groups is 1. The van der Waals surface area contributed by atoms with Gasteiger partial charge < -0.3 is 9.64 Å². The Bertz CT molecular complexity index is 761. The minimum absolute atomic E-state index is 0.0421. The predicted molar refractivity (Wildman–Crippen MR) is 81.8 cm³/mol. The standard InChI is InChI=1S/C17H15F3N2O2/c1-11-10-22(14-7-4-8-21-16(14)24-11)15(23)9-12-5-2-3-6-13(12)17(18,19)20/h2-8,11H,9-10H2,1H3. The molecule has 24 heavy (non-hydrogen) atoms. The molecule has 0 saturated carbocycles. The molecular weight excluding hydrogens is 321 g/mol. The molecule has 1 unspecified atom stereocenters. The summed E-state index contributed by atoms with van der Waals surface area (Å²) in [5, 5.41) is 0. The van der Waals surface area contributed by atoms with Gasteiger partial charge in [-0.15, -0.1) is 0 Å². The van der Waals surface area contributed by atoms with Gasteiger partial charge in [0.1, 0.15) is 11.8 Å². The van der Waals surface area contributed by atoms with Crippen molar-refractivity contribution in [3.05, 3.63) is 53.7 Å². The van der Waals surface area contributed by atoms with Crippen LogP contribution in [0.3, 0.4) is 0 Å². The number of benzene rings is 1. The molecule has 0 bridgehead atoms. The van der Waals surface area contributed by atoms with Crippen LogP contribution in [0.25, 0.3) is 0 Å². The highest BCUT2D eigenvalue weighted by molar-refractivity contribution is 5.96. The van der Waals surface area contributed by atoms with Gasteiger partial charge in [-0.1, -0.05) is 18.2 Å². The maximum Gasteiger partial charge on any atom is 0.416 e. The quantitative estimate of drug-likeness (QED) is 0.843. The molecule has 7 heteroatoms. The van der Waals surface area contributed by atoms with Crippen LogP contribution in [0, 0.1) is 0 Å². The van der Waals surface area contributed by atoms with Crippen molar-refractivity contribution < 1.29 is 22.7 Å². The number of aromatic nitrogens is 1. The third kappa shape index (κ3) is 3.20. The van der Waals surface area contributed by atoms with Crippen LogP contribution in [0.4, 0.5) is 18.9 Å². The van der Waals surface area contributed by atoms with Crippen molar-refractivity contribution in [1.29, 1.82) is 0 Å². The first-order valence-electron chi connectivity index (χ1n) is 7.43. The smallest absolute Gasteiger partial charge is 0.416 e. The highest BCUT2D eigenvalue weighted by atomic mass is 19.4. The van der Waals surface area contributed by atoms with Gasteiger partial charge in [0.05, 0.1) is 18.5 Å². The van der Waals surface area contributed by atoms with Crippen molar-refractivity contribution in [1.82, 2.24) is 4.98 Å². The van der Waals surface area contributed by atoms with Crippen molar-refractivity contribution in [2.24, 2.45) is 0 Å². The lowest BCUT2D eigenvalue weighted by atomic mass is 10.0. The number of carbonyl (C=O) groups excluding carboxylic acids is 1. The molecule has 126 valence electrons. The fraction of sp³-hybridized carbons (Fsp3) is 0.294. The zero-order valence-corrected chi connectivity index (χ0v) is 12.9. The normalized spacial score (nSPS) is 17.2. The van der Waals surface area contributed by atoms with Gasteiger partial charge in [0.15, 0.2) is 0 Å². The number of pyridine rings is 1. The molecule has 1 aromatic heterocycles. The number of amides is 1. The number of alkyl halides is 3. The summed E-state index contributed by atoms with van der Waals surface area (Å²) in [5.41, 5.74) is -0.351. The summed E-state index contributed by atoms with van der Waals surface area (Å²) < 4.78 is 44.8. The second kappa shape index (κ2) is 6.14. The van der Waals surface area contributed by atoms with Gasteiger partial charge in [0, 0.05) is 6.20 Å². The van der Waals surface area contributed by atoms with Gasteiger partial charge in [-0.25, -0.2) is 4.98 Å². The van der Waals surface area contributed by atoms with Crippen molar-refractivity contribution in [3.63, 3.8) is 0 Å². The summed E-state index contributed by atoms with van der Waals surface area (Å²) in [6.45, 7) is 2.05. The van der Waals surface area contributed by atoms with E-state index in [0.29, 0.717) is 11.6 Å². The summed E-state index contributed by atoms with van der Waals surface area (Å²) in [5.74, 6) is -0.107. The van der Waals surface area contributed by atoms with E-state index in [2.05, 4.69) is 4.98 Å². The largest absolute Gasteiger partial charge is 0.471 e. The van der Waals surface area contributed by atoms with Crippen LogP contribution in [0.1, 0.15) is 18.1 Å². The number of anilines is 1. The average Bonchev–Trinajstić information content (AvgIpc) is 2.53. The highest BCUT2D eigenvalue weighted by Gasteiger charge is 2.35. The van der Waals surface area contributed by atoms with Crippen LogP contribution in [0.15, 0.2) is 42.6 Å². The Hall–Kier alpha value is -2.57. The number of ether oxygens (including phenoxy) is 1. The molecule has 2 heterocycles. The van der Waals surface area contributed by atoms with E-state index < -0.39 is 17.6 Å². The Kier molecular flexibility index (Phi) is 4.17. The number of hydrogen-bond acceptors (Lipinski definition) is 3. The highest BCUT2D eigenvalue weighted by Crippen LogP contribution is 2.34. The monoisotopic (exact) mass is 336 g/mol. The van der Waals surface area contributed by atoms with E-state index in [1.807, 2.05) is 0 Å². The second-order valence-electron chi connectivity index (χ2n) is 5.59. The topological polar surface area (TPSA) is 42.4 Å². The van der Waals surface area contributed by atoms with Crippen LogP contribution in [0.2, 0.25) is 0 Å². The molecule has 2 aromatic rings. The van der Waals surface area contributed by atoms with E-state index in [4.69, 9.17) is 4.74 Å². The van der Waals surface area contributed by atoms with Crippen LogP contribution >= 0.6 is 0 Å². The molecule has 1 aromatic carbocycles. The van der Waals surface area contributed by atoms with Gasteiger partial charge in [-0.2, -0.15) is 13.2 Å². The molecule has 0 aliphatic carbocycles. The first-order chi connectivity index (χ1) is 11.4. The van der Waals surface area contributed by atoms with Crippen molar-refractivity contribution >= 4 is 11.6 Å². The summed E-state index contributed by atoms with van der Waals surface area (Å²) in [7, 11) is 0. The Morgan fingerprint density at radius 3 is 2.79 bits per heavy atom. The van der Waals surface area contributed by atoms with Crippen LogP contribution in [0.5, 0.6) is 5.88 Å². The summed E-state index contributed by atoms with van der Waals surface area (Å²) in [6, 6.07) is 8.45. The zero-order valence-electron chi connectivity index (χ0n) is 12.9. The second-order valence-corrected chi connectivity index (χ2v) is 5.59. The Morgan fingerprint density at radius 1 is 1.29 bits per heavy atom. The van der Waals surface area contributed by atoms with Crippen LogP contribution in [-0.4, -0.2) is 23.5 Å². The number of halogens is 3. The maximum absolute atomic E-state index is 13.1. The molecule has 0 radical (unpaired) electrons. The third-order valence-corrected chi connectivity index (χ3v) is 3.76. The van der Waals surface area contributed by atoms with Crippen molar-refractivity contribution in [2.45, 2.75) is 25.6 Å². The van der Waals surface area contributed by atoms with E-state index in [0.717, 1.165) is 6.07 Å². The SMILES string of the molecule is CC1CN(C(=O)Cc2ccccc2C(F)(F)F)c2cccnc2O1. The Balaban J connectivity index is 1.89. The van der Waals surface area contributed by atoms with E-state index in [9.17, 15) is 18.0 Å². The van der Waals surface area contributed by atoms with Crippen molar-refractivity contribution in [2.75, 3.05) is 11.4 Å². The van der Waals surface area contributed by atoms with Gasteiger partial charge in [-0.05, 0) is 30.7 Å². The fourth-order valence-corrected chi connectivity index (χ4v) is 2.71. The lowest BCUT2D eigenvalue weighted by Crippen LogP contribution is -2.43. The Labute approximate surface area is 136 Å². The van der Waals surface area contributed by atoms with Gasteiger partial charge in [0.25, 0.3) is 0 Å². The summed E-state index contributed by atoms with van der Waals surface area (Å²) in [6.07, 6.45) is -3.57. The predicted octanol–water partition coefficient (Wildman–Crippen LogP) is 3.46. The minimum atomic E-state index is -4.49. The average molecular weight is 336 g/mol. The van der Waals surface area contributed by atoms with Crippen LogP contribution in [-0.2, 0) is 17.4 Å². The molecule has 1 atom stereocenters. The van der Waals surface area contributed by atoms with Gasteiger partial charge in [0.2, 0.25) is 11.8 Å². The summed E-state index contributed by atoms with van der Waals surface area (Å²) in [4.78, 5) is 18.1. The molecular formula is C17H15F3N2O2. The maximum atomic E-state index is 13.1. The molecule has 4 nitrogen and oxygen atoms in total. The van der Waals surface area contributed by atoms with Crippen LogP contribution < -0.4 is 9.64 Å². The van der Waals surface area contributed by atoms with E-state index in [1.165, 1.54) is 23.1 Å². The van der Waals surface area contributed by atoms with E-state index >= 15 is 0 Å². The Morgan fingerprint density at radius 2 is 2.04 bits per heavy atom. The number of fused-ring (bicyclic) bond motifs is 1. The molecule has 1 amide bonds. The lowest BCUT2D eigenvalue weighted by molar-refractivity contribution is -0.138. The summed E-state index contributed by atoms with van der Waals surface area (Å²) >= 11 is 0. The van der Waals surface area contributed by atoms with Gasteiger partial charge >= 0.3 is 6.18 Å². The van der Waals surface area contributed by atoms with Crippen molar-refractivity contribution in [3.8, 4) is 5.88 Å². The first kappa shape index (κ1) is 16.3. The third-order valence-electron chi connectivity index (χ3n) is 3.76. The molecule has 0 N–H and O–H groups in total. The molecule has 1 aliphatic heterocycles. The fourth-order valence-electron chi connectivity index (χ4n) is 2.71. The lowest BCUT2D eigenvalue weighted by Gasteiger charge is -2.32. The molecule has 1 aliphatic rings. The van der Waals surface area contributed by atoms with E-state index in [-0.39, 0.29) is 24.6 Å². The zero-order chi connectivity index (χ0) is 17.3. The first-order valence-corrected chi connectivity index (χ1v) is 7.43. The number of nitrogens with zero attached hydrogens (tertiary/aromatic N) is 2. The molecule has 0 fully saturated rings. The molecule has 3 rings (SSSR count). The number of rotatable bonds is 2. The molecule has 0 spiro atoms.